The molecule has 2 aromatic heterocycles. The summed E-state index contributed by atoms with van der Waals surface area (Å²) in [5.74, 6) is 0.992. The van der Waals surface area contributed by atoms with Crippen molar-refractivity contribution in [2.75, 3.05) is 0 Å². The van der Waals surface area contributed by atoms with Gasteiger partial charge in [0.05, 0.1) is 10.9 Å². The number of aryl methyl sites for hydroxylation is 1. The lowest BCUT2D eigenvalue weighted by molar-refractivity contribution is 0.445. The molecule has 0 aromatic carbocycles. The second-order valence-corrected chi connectivity index (χ2v) is 5.59. The largest absolute Gasteiger partial charge is 0.330 e. The van der Waals surface area contributed by atoms with Gasteiger partial charge < -0.3 is 10.3 Å². The Balaban J connectivity index is 1.99. The Labute approximate surface area is 117 Å². The van der Waals surface area contributed by atoms with Crippen LogP contribution in [0.2, 0.25) is 0 Å². The molecule has 1 unspecified atom stereocenters. The summed E-state index contributed by atoms with van der Waals surface area (Å²) in [5, 5.41) is 11.1. The monoisotopic (exact) mass is 274 g/mol. The van der Waals surface area contributed by atoms with Crippen molar-refractivity contribution in [1.29, 1.82) is 5.26 Å². The number of nitrogens with zero attached hydrogens (tertiary/aromatic N) is 3. The molecule has 0 fully saturated rings. The van der Waals surface area contributed by atoms with E-state index in [2.05, 4.69) is 21.7 Å². The summed E-state index contributed by atoms with van der Waals surface area (Å²) in [6, 6.07) is 6.30. The van der Waals surface area contributed by atoms with Gasteiger partial charge in [0.15, 0.2) is 0 Å². The zero-order chi connectivity index (χ0) is 13.7. The molecule has 0 aliphatic rings. The van der Waals surface area contributed by atoms with Crippen LogP contribution in [0.4, 0.5) is 0 Å². The molecule has 0 spiro atoms. The maximum absolute atomic E-state index is 9.05. The van der Waals surface area contributed by atoms with Gasteiger partial charge in [-0.25, -0.2) is 4.98 Å². The minimum absolute atomic E-state index is 0.686. The van der Waals surface area contributed by atoms with Crippen molar-refractivity contribution in [3.63, 3.8) is 0 Å². The maximum atomic E-state index is 9.05. The van der Waals surface area contributed by atoms with Gasteiger partial charge in [-0.2, -0.15) is 5.26 Å². The Bertz CT molecular complexity index is 552. The third-order valence-electron chi connectivity index (χ3n) is 3.33. The van der Waals surface area contributed by atoms with Gasteiger partial charge in [-0.15, -0.1) is 11.3 Å². The second kappa shape index (κ2) is 6.00. The smallest absolute Gasteiger partial charge is 0.149 e. The fraction of sp³-hybridized carbons (Fsp3) is 0.429. The van der Waals surface area contributed by atoms with E-state index in [-0.39, 0.29) is 0 Å². The van der Waals surface area contributed by atoms with Gasteiger partial charge in [0.2, 0.25) is 0 Å². The Morgan fingerprint density at radius 1 is 1.58 bits per heavy atom. The first-order valence-corrected chi connectivity index (χ1v) is 7.31. The topological polar surface area (TPSA) is 67.6 Å². The van der Waals surface area contributed by atoms with Crippen LogP contribution in [0.1, 0.15) is 26.2 Å². The highest BCUT2D eigenvalue weighted by atomic mass is 32.1. The van der Waals surface area contributed by atoms with Crippen LogP contribution in [0, 0.1) is 11.3 Å². The lowest BCUT2D eigenvalue weighted by atomic mass is 9.93. The third kappa shape index (κ3) is 3.22. The lowest BCUT2D eigenvalue weighted by Gasteiger charge is -2.19. The first-order valence-electron chi connectivity index (χ1n) is 6.43. The van der Waals surface area contributed by atoms with Crippen LogP contribution < -0.4 is 5.73 Å². The molecule has 0 amide bonds. The lowest BCUT2D eigenvalue weighted by Crippen LogP contribution is -2.37. The Morgan fingerprint density at radius 2 is 2.42 bits per heavy atom. The fourth-order valence-electron chi connectivity index (χ4n) is 2.00. The molecule has 19 heavy (non-hydrogen) atoms. The van der Waals surface area contributed by atoms with Gasteiger partial charge in [0, 0.05) is 18.9 Å². The van der Waals surface area contributed by atoms with Crippen LogP contribution in [0.25, 0.3) is 10.7 Å². The quantitative estimate of drug-likeness (QED) is 0.880. The summed E-state index contributed by atoms with van der Waals surface area (Å²) in [4.78, 5) is 5.56. The summed E-state index contributed by atoms with van der Waals surface area (Å²) in [6.07, 6.45) is 6.07. The zero-order valence-electron chi connectivity index (χ0n) is 11.0. The number of nitrogens with two attached hydrogens (primary N) is 1. The molecule has 2 aromatic rings. The molecule has 5 heteroatoms. The zero-order valence-corrected chi connectivity index (χ0v) is 11.9. The maximum Gasteiger partial charge on any atom is 0.149 e. The van der Waals surface area contributed by atoms with E-state index >= 15 is 0 Å². The number of rotatable bonds is 6. The molecule has 1 atom stereocenters. The van der Waals surface area contributed by atoms with Crippen LogP contribution in [0.5, 0.6) is 0 Å². The normalized spacial score (nSPS) is 13.9. The van der Waals surface area contributed by atoms with Gasteiger partial charge >= 0.3 is 0 Å². The Morgan fingerprint density at radius 3 is 3.05 bits per heavy atom. The minimum Gasteiger partial charge on any atom is -0.330 e. The summed E-state index contributed by atoms with van der Waals surface area (Å²) in [7, 11) is 0. The fourth-order valence-corrected chi connectivity index (χ4v) is 2.73. The van der Waals surface area contributed by atoms with Gasteiger partial charge in [-0.05, 0) is 30.7 Å². The first kappa shape index (κ1) is 13.8. The number of thiophene rings is 1. The van der Waals surface area contributed by atoms with Crippen LogP contribution in [0.15, 0.2) is 29.9 Å². The van der Waals surface area contributed by atoms with Crippen LogP contribution in [-0.4, -0.2) is 15.1 Å². The van der Waals surface area contributed by atoms with E-state index < -0.39 is 5.54 Å². The van der Waals surface area contributed by atoms with Gasteiger partial charge in [-0.3, -0.25) is 0 Å². The Kier molecular flexibility index (Phi) is 4.35. The molecule has 2 N–H and O–H groups in total. The van der Waals surface area contributed by atoms with E-state index in [9.17, 15) is 0 Å². The highest BCUT2D eigenvalue weighted by Gasteiger charge is 2.21. The van der Waals surface area contributed by atoms with Crippen LogP contribution in [0.3, 0.4) is 0 Å². The van der Waals surface area contributed by atoms with E-state index in [1.165, 1.54) is 4.88 Å². The predicted octanol–water partition coefficient (Wildman–Crippen LogP) is 3.02. The average Bonchev–Trinajstić information content (AvgIpc) is 3.08. The predicted molar refractivity (Wildman–Crippen MR) is 77.6 cm³/mol. The molecule has 0 bridgehead atoms. The molecular weight excluding hydrogens is 256 g/mol. The Hall–Kier alpha value is -1.64. The van der Waals surface area contributed by atoms with Crippen molar-refractivity contribution in [3.05, 3.63) is 29.9 Å². The van der Waals surface area contributed by atoms with E-state index in [0.29, 0.717) is 12.8 Å². The van der Waals surface area contributed by atoms with Crippen molar-refractivity contribution in [2.45, 2.75) is 38.3 Å². The molecule has 0 aliphatic heterocycles. The van der Waals surface area contributed by atoms with E-state index in [1.54, 1.807) is 11.3 Å². The average molecular weight is 274 g/mol. The van der Waals surface area contributed by atoms with E-state index in [0.717, 1.165) is 18.8 Å². The van der Waals surface area contributed by atoms with Gasteiger partial charge in [0.1, 0.15) is 11.4 Å². The second-order valence-electron chi connectivity index (χ2n) is 4.65. The number of aromatic nitrogens is 2. The molecular formula is C14H18N4S. The first-order chi connectivity index (χ1) is 9.18. The van der Waals surface area contributed by atoms with Gasteiger partial charge in [0.25, 0.3) is 0 Å². The molecule has 0 saturated heterocycles. The van der Waals surface area contributed by atoms with E-state index in [1.807, 2.05) is 30.8 Å². The molecule has 0 saturated carbocycles. The van der Waals surface area contributed by atoms with Crippen molar-refractivity contribution in [2.24, 2.45) is 5.73 Å². The SMILES string of the molecule is CCC(N)(C#N)CCCn1ccnc1-c1cccs1. The molecule has 4 nitrogen and oxygen atoms in total. The third-order valence-corrected chi connectivity index (χ3v) is 4.20. The van der Waals surface area contributed by atoms with Crippen LogP contribution in [-0.2, 0) is 6.54 Å². The highest BCUT2D eigenvalue weighted by molar-refractivity contribution is 7.13. The molecule has 100 valence electrons. The van der Waals surface area contributed by atoms with Crippen molar-refractivity contribution < 1.29 is 0 Å². The van der Waals surface area contributed by atoms with Crippen molar-refractivity contribution in [1.82, 2.24) is 9.55 Å². The van der Waals surface area contributed by atoms with E-state index in [4.69, 9.17) is 11.0 Å². The molecule has 0 radical (unpaired) electrons. The van der Waals surface area contributed by atoms with Crippen LogP contribution >= 0.6 is 11.3 Å². The summed E-state index contributed by atoms with van der Waals surface area (Å²) < 4.78 is 2.12. The summed E-state index contributed by atoms with van der Waals surface area (Å²) >= 11 is 1.68. The standard InChI is InChI=1S/C14H18N4S/c1-2-14(16,11-15)6-4-8-18-9-7-17-13(18)12-5-3-10-19-12/h3,5,7,9-10H,2,4,6,8,16H2,1H3. The summed E-state index contributed by atoms with van der Waals surface area (Å²) in [5.41, 5.74) is 5.29. The summed E-state index contributed by atoms with van der Waals surface area (Å²) in [6.45, 7) is 2.80. The number of nitriles is 1. The molecule has 2 heterocycles. The van der Waals surface area contributed by atoms with Crippen molar-refractivity contribution in [3.8, 4) is 16.8 Å². The van der Waals surface area contributed by atoms with Crippen molar-refractivity contribution >= 4 is 11.3 Å². The van der Waals surface area contributed by atoms with Gasteiger partial charge in [-0.1, -0.05) is 13.0 Å². The molecule has 2 rings (SSSR count). The molecule has 0 aliphatic carbocycles. The number of hydrogen-bond donors (Lipinski definition) is 1. The highest BCUT2D eigenvalue weighted by Crippen LogP contribution is 2.23. The number of imidazole rings is 1. The minimum atomic E-state index is -0.691. The number of hydrogen-bond acceptors (Lipinski definition) is 4.